The molecule has 1 aliphatic rings. The summed E-state index contributed by atoms with van der Waals surface area (Å²) in [7, 11) is 0. The van der Waals surface area contributed by atoms with Gasteiger partial charge in [-0.05, 0) is 41.6 Å². The first kappa shape index (κ1) is 21.3. The molecule has 0 spiro atoms. The quantitative estimate of drug-likeness (QED) is 0.606. The molecule has 1 aromatic carbocycles. The highest BCUT2D eigenvalue weighted by Gasteiger charge is 2.24. The Balaban J connectivity index is 1.53. The summed E-state index contributed by atoms with van der Waals surface area (Å²) in [5.41, 5.74) is 0.701. The first-order valence-corrected chi connectivity index (χ1v) is 11.2. The molecule has 1 fully saturated rings. The summed E-state index contributed by atoms with van der Waals surface area (Å²) < 4.78 is 16.3. The Bertz CT molecular complexity index is 1200. The summed E-state index contributed by atoms with van der Waals surface area (Å²) in [5, 5.41) is 1.77. The van der Waals surface area contributed by atoms with E-state index in [9.17, 15) is 18.8 Å². The SMILES string of the molecule is CC(C)Cn1c(=O)c2sccc2n(CC(=O)N2CCN(c3ccc(F)cc3)CC2)c1=O. The molecule has 0 N–H and O–H groups in total. The van der Waals surface area contributed by atoms with Crippen LogP contribution < -0.4 is 16.1 Å². The van der Waals surface area contributed by atoms with E-state index in [1.54, 1.807) is 28.5 Å². The van der Waals surface area contributed by atoms with Gasteiger partial charge >= 0.3 is 5.69 Å². The minimum Gasteiger partial charge on any atom is -0.368 e. The van der Waals surface area contributed by atoms with Gasteiger partial charge in [0.2, 0.25) is 5.91 Å². The smallest absolute Gasteiger partial charge is 0.332 e. The monoisotopic (exact) mass is 444 g/mol. The predicted octanol–water partition coefficient (Wildman–Crippen LogP) is 2.37. The van der Waals surface area contributed by atoms with Crippen molar-refractivity contribution < 1.29 is 9.18 Å². The number of anilines is 1. The van der Waals surface area contributed by atoms with Crippen molar-refractivity contribution in [3.8, 4) is 0 Å². The number of amides is 1. The van der Waals surface area contributed by atoms with E-state index in [1.807, 2.05) is 13.8 Å². The van der Waals surface area contributed by atoms with Crippen molar-refractivity contribution in [1.82, 2.24) is 14.0 Å². The van der Waals surface area contributed by atoms with Crippen LogP contribution in [0.2, 0.25) is 0 Å². The van der Waals surface area contributed by atoms with Gasteiger partial charge in [-0.3, -0.25) is 18.7 Å². The van der Waals surface area contributed by atoms with Crippen LogP contribution in [0.1, 0.15) is 13.8 Å². The largest absolute Gasteiger partial charge is 0.368 e. The second-order valence-corrected chi connectivity index (χ2v) is 9.07. The van der Waals surface area contributed by atoms with Crippen LogP contribution in [0.4, 0.5) is 10.1 Å². The van der Waals surface area contributed by atoms with Crippen LogP contribution in [0.3, 0.4) is 0 Å². The molecule has 1 amide bonds. The molecule has 1 saturated heterocycles. The van der Waals surface area contributed by atoms with Crippen LogP contribution in [0.25, 0.3) is 10.2 Å². The number of hydrogen-bond donors (Lipinski definition) is 0. The van der Waals surface area contributed by atoms with Gasteiger partial charge in [-0.15, -0.1) is 11.3 Å². The number of carbonyl (C=O) groups excluding carboxylic acids is 1. The molecule has 164 valence electrons. The Kier molecular flexibility index (Phi) is 5.95. The molecule has 0 radical (unpaired) electrons. The molecule has 7 nitrogen and oxygen atoms in total. The summed E-state index contributed by atoms with van der Waals surface area (Å²) in [6.07, 6.45) is 0. The molecular formula is C22H25FN4O3S. The summed E-state index contributed by atoms with van der Waals surface area (Å²) in [4.78, 5) is 42.6. The Hall–Kier alpha value is -2.94. The number of halogens is 1. The number of carbonyl (C=O) groups is 1. The fourth-order valence-corrected chi connectivity index (χ4v) is 4.76. The lowest BCUT2D eigenvalue weighted by atomic mass is 10.2. The van der Waals surface area contributed by atoms with Crippen molar-refractivity contribution in [2.75, 3.05) is 31.1 Å². The second-order valence-electron chi connectivity index (χ2n) is 8.16. The maximum atomic E-state index is 13.2. The number of rotatable bonds is 5. The van der Waals surface area contributed by atoms with Crippen LogP contribution >= 0.6 is 11.3 Å². The van der Waals surface area contributed by atoms with Crippen LogP contribution in [-0.2, 0) is 17.9 Å². The van der Waals surface area contributed by atoms with Crippen molar-refractivity contribution in [2.24, 2.45) is 5.92 Å². The van der Waals surface area contributed by atoms with Gasteiger partial charge in [0.05, 0.1) is 5.52 Å². The second kappa shape index (κ2) is 8.66. The van der Waals surface area contributed by atoms with Gasteiger partial charge in [0.1, 0.15) is 17.1 Å². The molecule has 2 aromatic heterocycles. The van der Waals surface area contributed by atoms with E-state index in [2.05, 4.69) is 4.90 Å². The van der Waals surface area contributed by atoms with Crippen LogP contribution in [0, 0.1) is 11.7 Å². The number of aromatic nitrogens is 2. The number of piperazine rings is 1. The summed E-state index contributed by atoms with van der Waals surface area (Å²) in [5.74, 6) is -0.295. The van der Waals surface area contributed by atoms with E-state index in [0.717, 1.165) is 5.69 Å². The van der Waals surface area contributed by atoms with Crippen LogP contribution in [0.5, 0.6) is 0 Å². The average Bonchev–Trinajstić information content (AvgIpc) is 3.24. The third-order valence-corrected chi connectivity index (χ3v) is 6.39. The third kappa shape index (κ3) is 4.27. The lowest BCUT2D eigenvalue weighted by molar-refractivity contribution is -0.132. The standard InChI is InChI=1S/C22H25FN4O3S/c1-15(2)13-27-21(29)20-18(7-12-31-20)26(22(27)30)14-19(28)25-10-8-24(9-11-25)17-5-3-16(23)4-6-17/h3-7,12,15H,8-11,13-14H2,1-2H3. The van der Waals surface area contributed by atoms with Gasteiger partial charge in [-0.1, -0.05) is 13.8 Å². The molecule has 0 aliphatic carbocycles. The van der Waals surface area contributed by atoms with Gasteiger partial charge in [-0.25, -0.2) is 9.18 Å². The molecule has 3 aromatic rings. The maximum absolute atomic E-state index is 13.2. The van der Waals surface area contributed by atoms with E-state index in [0.29, 0.717) is 42.9 Å². The fraction of sp³-hybridized carbons (Fsp3) is 0.409. The van der Waals surface area contributed by atoms with E-state index in [-0.39, 0.29) is 29.7 Å². The normalized spacial score (nSPS) is 14.6. The molecule has 3 heterocycles. The van der Waals surface area contributed by atoms with Crippen molar-refractivity contribution >= 4 is 33.1 Å². The highest BCUT2D eigenvalue weighted by Crippen LogP contribution is 2.18. The van der Waals surface area contributed by atoms with Gasteiger partial charge < -0.3 is 9.80 Å². The first-order valence-electron chi connectivity index (χ1n) is 10.3. The van der Waals surface area contributed by atoms with Gasteiger partial charge in [0.15, 0.2) is 0 Å². The molecule has 9 heteroatoms. The molecule has 0 bridgehead atoms. The zero-order valence-electron chi connectivity index (χ0n) is 17.6. The molecule has 0 saturated carbocycles. The van der Waals surface area contributed by atoms with Gasteiger partial charge in [0.25, 0.3) is 5.56 Å². The van der Waals surface area contributed by atoms with E-state index < -0.39 is 5.69 Å². The predicted molar refractivity (Wildman–Crippen MR) is 120 cm³/mol. The molecule has 0 unspecified atom stereocenters. The van der Waals surface area contributed by atoms with E-state index in [1.165, 1.54) is 32.6 Å². The van der Waals surface area contributed by atoms with Crippen LogP contribution in [0.15, 0.2) is 45.3 Å². The Morgan fingerprint density at radius 3 is 2.35 bits per heavy atom. The average molecular weight is 445 g/mol. The number of nitrogens with zero attached hydrogens (tertiary/aromatic N) is 4. The molecule has 0 atom stereocenters. The molecular weight excluding hydrogens is 419 g/mol. The lowest BCUT2D eigenvalue weighted by Crippen LogP contribution is -2.50. The summed E-state index contributed by atoms with van der Waals surface area (Å²) in [6, 6.07) is 8.05. The highest BCUT2D eigenvalue weighted by molar-refractivity contribution is 7.17. The minimum atomic E-state index is -0.442. The van der Waals surface area contributed by atoms with Gasteiger partial charge in [-0.2, -0.15) is 0 Å². The van der Waals surface area contributed by atoms with Crippen molar-refractivity contribution in [2.45, 2.75) is 26.9 Å². The third-order valence-electron chi connectivity index (χ3n) is 5.50. The number of thiophene rings is 1. The number of hydrogen-bond acceptors (Lipinski definition) is 5. The Morgan fingerprint density at radius 2 is 1.71 bits per heavy atom. The molecule has 1 aliphatic heterocycles. The highest BCUT2D eigenvalue weighted by atomic mass is 32.1. The van der Waals surface area contributed by atoms with Crippen molar-refractivity contribution in [3.63, 3.8) is 0 Å². The zero-order valence-corrected chi connectivity index (χ0v) is 18.4. The van der Waals surface area contributed by atoms with Crippen molar-refractivity contribution in [1.29, 1.82) is 0 Å². The Labute approximate surface area is 182 Å². The minimum absolute atomic E-state index is 0.0962. The number of fused-ring (bicyclic) bond motifs is 1. The summed E-state index contributed by atoms with van der Waals surface area (Å²) in [6.45, 7) is 6.41. The maximum Gasteiger partial charge on any atom is 0.332 e. The van der Waals surface area contributed by atoms with Crippen LogP contribution in [-0.4, -0.2) is 46.1 Å². The topological polar surface area (TPSA) is 67.6 Å². The fourth-order valence-electron chi connectivity index (χ4n) is 3.91. The van der Waals surface area contributed by atoms with E-state index >= 15 is 0 Å². The lowest BCUT2D eigenvalue weighted by Gasteiger charge is -2.36. The van der Waals surface area contributed by atoms with Crippen molar-refractivity contribution in [3.05, 3.63) is 62.4 Å². The Morgan fingerprint density at radius 1 is 1.03 bits per heavy atom. The number of benzene rings is 1. The first-order chi connectivity index (χ1) is 14.8. The summed E-state index contributed by atoms with van der Waals surface area (Å²) >= 11 is 1.29. The van der Waals surface area contributed by atoms with Gasteiger partial charge in [0, 0.05) is 38.4 Å². The molecule has 31 heavy (non-hydrogen) atoms. The van der Waals surface area contributed by atoms with E-state index in [4.69, 9.17) is 0 Å². The zero-order chi connectivity index (χ0) is 22.1. The molecule has 4 rings (SSSR count).